The second-order valence-corrected chi connectivity index (χ2v) is 6.38. The summed E-state index contributed by atoms with van der Waals surface area (Å²) in [5.74, 6) is 1.42. The molecule has 1 fully saturated rings. The van der Waals surface area contributed by atoms with Crippen LogP contribution in [0.2, 0.25) is 0 Å². The van der Waals surface area contributed by atoms with Gasteiger partial charge >= 0.3 is 0 Å². The topological polar surface area (TPSA) is 68.9 Å². The average Bonchev–Trinajstić information content (AvgIpc) is 2.86. The third kappa shape index (κ3) is 9.30. The second kappa shape index (κ2) is 13.2. The number of hydrogen-bond donors (Lipinski definition) is 2. The van der Waals surface area contributed by atoms with Crippen molar-refractivity contribution in [2.75, 3.05) is 20.3 Å². The minimum atomic E-state index is 0. The second-order valence-electron chi connectivity index (χ2n) is 6.38. The fourth-order valence-corrected chi connectivity index (χ4v) is 2.98. The van der Waals surface area contributed by atoms with Gasteiger partial charge in [-0.25, -0.2) is 4.99 Å². The lowest BCUT2D eigenvalue weighted by atomic mass is 10.1. The number of hydrogen-bond acceptors (Lipinski definition) is 3. The van der Waals surface area contributed by atoms with Gasteiger partial charge in [-0.2, -0.15) is 0 Å². The Hall–Kier alpha value is -1.02. The average molecular weight is 461 g/mol. The van der Waals surface area contributed by atoms with Crippen LogP contribution in [0.4, 0.5) is 0 Å². The molecule has 142 valence electrons. The molecule has 5 nitrogen and oxygen atoms in total. The normalized spacial score (nSPS) is 16.0. The first-order valence-corrected chi connectivity index (χ1v) is 9.05. The summed E-state index contributed by atoms with van der Waals surface area (Å²) in [4.78, 5) is 4.48. The van der Waals surface area contributed by atoms with Crippen LogP contribution < -0.4 is 15.8 Å². The molecule has 25 heavy (non-hydrogen) atoms. The Balaban J connectivity index is 0.00000312. The molecule has 0 aromatic heterocycles. The Kier molecular flexibility index (Phi) is 11.6. The van der Waals surface area contributed by atoms with E-state index >= 15 is 0 Å². The lowest BCUT2D eigenvalue weighted by Crippen LogP contribution is -2.39. The van der Waals surface area contributed by atoms with Crippen molar-refractivity contribution in [2.24, 2.45) is 10.7 Å². The maximum atomic E-state index is 6.05. The van der Waals surface area contributed by atoms with E-state index in [9.17, 15) is 0 Å². The lowest BCUT2D eigenvalue weighted by molar-refractivity contribution is 0.172. The molecule has 1 aromatic carbocycles. The van der Waals surface area contributed by atoms with Gasteiger partial charge in [-0.3, -0.25) is 0 Å². The number of halogens is 1. The van der Waals surface area contributed by atoms with Crippen LogP contribution in [0.3, 0.4) is 0 Å². The first-order chi connectivity index (χ1) is 11.8. The maximum Gasteiger partial charge on any atom is 0.189 e. The molecule has 0 atom stereocenters. The molecule has 0 saturated heterocycles. The van der Waals surface area contributed by atoms with E-state index in [1.165, 1.54) is 38.5 Å². The molecular formula is C19H32IN3O2. The Morgan fingerprint density at radius 2 is 1.96 bits per heavy atom. The molecule has 0 aliphatic heterocycles. The predicted octanol–water partition coefficient (Wildman–Crippen LogP) is 3.85. The molecule has 0 radical (unpaired) electrons. The van der Waals surface area contributed by atoms with Crippen LogP contribution in [-0.4, -0.2) is 32.3 Å². The van der Waals surface area contributed by atoms with Crippen molar-refractivity contribution in [3.8, 4) is 5.75 Å². The Morgan fingerprint density at radius 3 is 2.68 bits per heavy atom. The van der Waals surface area contributed by atoms with Crippen molar-refractivity contribution in [1.29, 1.82) is 0 Å². The summed E-state index contributed by atoms with van der Waals surface area (Å²) >= 11 is 0. The van der Waals surface area contributed by atoms with Gasteiger partial charge in [-0.05, 0) is 30.5 Å². The van der Waals surface area contributed by atoms with E-state index in [-0.39, 0.29) is 24.0 Å². The van der Waals surface area contributed by atoms with Gasteiger partial charge in [-0.15, -0.1) is 24.0 Å². The highest BCUT2D eigenvalue weighted by Crippen LogP contribution is 2.17. The zero-order chi connectivity index (χ0) is 17.0. The standard InChI is InChI=1S/C19H31N3O2.HI/c1-23-12-7-13-24-18-11-6-8-16(14-18)15-21-19(20)22-17-9-4-2-3-5-10-17;/h6,8,11,14,17H,2-5,7,9-10,12-13,15H2,1H3,(H3,20,21,22);1H. The van der Waals surface area contributed by atoms with Gasteiger partial charge < -0.3 is 20.5 Å². The van der Waals surface area contributed by atoms with E-state index in [2.05, 4.69) is 10.3 Å². The number of ether oxygens (including phenoxy) is 2. The highest BCUT2D eigenvalue weighted by molar-refractivity contribution is 14.0. The smallest absolute Gasteiger partial charge is 0.189 e. The van der Waals surface area contributed by atoms with Gasteiger partial charge in [0.2, 0.25) is 0 Å². The van der Waals surface area contributed by atoms with Gasteiger partial charge in [0.1, 0.15) is 5.75 Å². The summed E-state index contributed by atoms with van der Waals surface area (Å²) in [7, 11) is 1.70. The van der Waals surface area contributed by atoms with Crippen molar-refractivity contribution in [1.82, 2.24) is 5.32 Å². The van der Waals surface area contributed by atoms with Crippen molar-refractivity contribution in [3.63, 3.8) is 0 Å². The number of aliphatic imine (C=N–C) groups is 1. The van der Waals surface area contributed by atoms with Crippen LogP contribution in [0, 0.1) is 0 Å². The summed E-state index contributed by atoms with van der Waals surface area (Å²) in [5, 5.41) is 3.37. The lowest BCUT2D eigenvalue weighted by Gasteiger charge is -2.16. The van der Waals surface area contributed by atoms with Crippen LogP contribution >= 0.6 is 24.0 Å². The number of methoxy groups -OCH3 is 1. The van der Waals surface area contributed by atoms with E-state index in [1.54, 1.807) is 7.11 Å². The van der Waals surface area contributed by atoms with Gasteiger partial charge in [0, 0.05) is 26.2 Å². The SMILES string of the molecule is COCCCOc1cccc(CN=C(N)NC2CCCCCC2)c1.I. The van der Waals surface area contributed by atoms with E-state index in [1.807, 2.05) is 24.3 Å². The molecule has 0 spiro atoms. The van der Waals surface area contributed by atoms with E-state index in [4.69, 9.17) is 15.2 Å². The van der Waals surface area contributed by atoms with Crippen molar-refractivity contribution in [2.45, 2.75) is 57.5 Å². The van der Waals surface area contributed by atoms with E-state index in [0.29, 0.717) is 31.8 Å². The quantitative estimate of drug-likeness (QED) is 0.203. The van der Waals surface area contributed by atoms with Crippen LogP contribution in [0.15, 0.2) is 29.3 Å². The fourth-order valence-electron chi connectivity index (χ4n) is 2.98. The van der Waals surface area contributed by atoms with Gasteiger partial charge in [0.15, 0.2) is 5.96 Å². The molecule has 1 aliphatic carbocycles. The molecular weight excluding hydrogens is 429 g/mol. The number of benzene rings is 1. The van der Waals surface area contributed by atoms with Crippen LogP contribution in [0.5, 0.6) is 5.75 Å². The largest absolute Gasteiger partial charge is 0.493 e. The first-order valence-electron chi connectivity index (χ1n) is 9.05. The highest BCUT2D eigenvalue weighted by Gasteiger charge is 2.12. The highest BCUT2D eigenvalue weighted by atomic mass is 127. The number of nitrogens with zero attached hydrogens (tertiary/aromatic N) is 1. The van der Waals surface area contributed by atoms with Crippen molar-refractivity contribution >= 4 is 29.9 Å². The molecule has 3 N–H and O–H groups in total. The third-order valence-electron chi connectivity index (χ3n) is 4.30. The Morgan fingerprint density at radius 1 is 1.20 bits per heavy atom. The van der Waals surface area contributed by atoms with Crippen LogP contribution in [0.1, 0.15) is 50.5 Å². The molecule has 6 heteroatoms. The first kappa shape index (κ1) is 22.0. The van der Waals surface area contributed by atoms with Crippen LogP contribution in [0.25, 0.3) is 0 Å². The summed E-state index contributed by atoms with van der Waals surface area (Å²) in [6, 6.07) is 8.50. The summed E-state index contributed by atoms with van der Waals surface area (Å²) < 4.78 is 10.7. The number of guanidine groups is 1. The zero-order valence-electron chi connectivity index (χ0n) is 15.2. The zero-order valence-corrected chi connectivity index (χ0v) is 17.5. The molecule has 1 aliphatic rings. The van der Waals surface area contributed by atoms with E-state index in [0.717, 1.165) is 17.7 Å². The fraction of sp³-hybridized carbons (Fsp3) is 0.632. The van der Waals surface area contributed by atoms with Gasteiger partial charge in [0.05, 0.1) is 13.2 Å². The molecule has 2 rings (SSSR count). The number of rotatable bonds is 8. The summed E-state index contributed by atoms with van der Waals surface area (Å²) in [5.41, 5.74) is 7.15. The van der Waals surface area contributed by atoms with Gasteiger partial charge in [0.25, 0.3) is 0 Å². The Labute approximate surface area is 168 Å². The predicted molar refractivity (Wildman–Crippen MR) is 114 cm³/mol. The molecule has 0 bridgehead atoms. The Bertz CT molecular complexity index is 503. The number of nitrogens with one attached hydrogen (secondary N) is 1. The molecule has 1 aromatic rings. The maximum absolute atomic E-state index is 6.05. The van der Waals surface area contributed by atoms with Gasteiger partial charge in [-0.1, -0.05) is 37.8 Å². The molecule has 0 amide bonds. The minimum Gasteiger partial charge on any atom is -0.493 e. The number of nitrogens with two attached hydrogens (primary N) is 1. The minimum absolute atomic E-state index is 0. The third-order valence-corrected chi connectivity index (χ3v) is 4.30. The van der Waals surface area contributed by atoms with E-state index < -0.39 is 0 Å². The molecule has 0 unspecified atom stereocenters. The molecule has 1 saturated carbocycles. The summed E-state index contributed by atoms with van der Waals surface area (Å²) in [6.45, 7) is 1.94. The van der Waals surface area contributed by atoms with Crippen LogP contribution in [-0.2, 0) is 11.3 Å². The van der Waals surface area contributed by atoms with Crippen molar-refractivity contribution < 1.29 is 9.47 Å². The van der Waals surface area contributed by atoms with Crippen molar-refractivity contribution in [3.05, 3.63) is 29.8 Å². The summed E-state index contributed by atoms with van der Waals surface area (Å²) in [6.07, 6.45) is 8.53. The molecule has 0 heterocycles. The monoisotopic (exact) mass is 461 g/mol.